The van der Waals surface area contributed by atoms with Gasteiger partial charge in [-0.05, 0) is 36.6 Å². The van der Waals surface area contributed by atoms with E-state index in [0.717, 1.165) is 16.9 Å². The highest BCUT2D eigenvalue weighted by Gasteiger charge is 2.44. The zero-order chi connectivity index (χ0) is 17.9. The number of carbonyl (C=O) groups excluding carboxylic acids is 2. The highest BCUT2D eigenvalue weighted by Crippen LogP contribution is 2.35. The van der Waals surface area contributed by atoms with Crippen molar-refractivity contribution >= 4 is 11.9 Å². The fourth-order valence-electron chi connectivity index (χ4n) is 3.38. The Morgan fingerprint density at radius 1 is 1.04 bits per heavy atom. The minimum absolute atomic E-state index is 0.288. The summed E-state index contributed by atoms with van der Waals surface area (Å²) in [6.45, 7) is 0. The van der Waals surface area contributed by atoms with E-state index in [1.807, 2.05) is 24.3 Å². The minimum Gasteiger partial charge on any atom is -0.496 e. The molecule has 0 spiro atoms. The summed E-state index contributed by atoms with van der Waals surface area (Å²) in [5.41, 5.74) is 1.49. The SMILES string of the molecule is COC(=O)[C@@]1(NC(=O)c2ccccc2)CCc2cccc(OC)c2C1. The normalized spacial score (nSPS) is 18.8. The van der Waals surface area contributed by atoms with Crippen LogP contribution in [-0.4, -0.2) is 31.6 Å². The van der Waals surface area contributed by atoms with Crippen LogP contribution < -0.4 is 10.1 Å². The molecule has 1 amide bonds. The van der Waals surface area contributed by atoms with Crippen LogP contribution in [-0.2, 0) is 22.4 Å². The van der Waals surface area contributed by atoms with E-state index in [4.69, 9.17) is 9.47 Å². The van der Waals surface area contributed by atoms with E-state index in [-0.39, 0.29) is 5.91 Å². The summed E-state index contributed by atoms with van der Waals surface area (Å²) in [5.74, 6) is -0.00266. The maximum atomic E-state index is 12.7. The molecule has 1 aliphatic carbocycles. The molecule has 5 nitrogen and oxygen atoms in total. The van der Waals surface area contributed by atoms with Crippen LogP contribution in [0.5, 0.6) is 5.75 Å². The molecule has 2 aromatic carbocycles. The maximum Gasteiger partial charge on any atom is 0.331 e. The zero-order valence-corrected chi connectivity index (χ0v) is 14.4. The van der Waals surface area contributed by atoms with Gasteiger partial charge in [-0.3, -0.25) is 4.79 Å². The number of hydrogen-bond acceptors (Lipinski definition) is 4. The summed E-state index contributed by atoms with van der Waals surface area (Å²) < 4.78 is 10.5. The summed E-state index contributed by atoms with van der Waals surface area (Å²) >= 11 is 0. The number of nitrogens with one attached hydrogen (secondary N) is 1. The van der Waals surface area contributed by atoms with Crippen molar-refractivity contribution < 1.29 is 19.1 Å². The average Bonchev–Trinajstić information content (AvgIpc) is 2.67. The summed E-state index contributed by atoms with van der Waals surface area (Å²) in [7, 11) is 2.95. The van der Waals surface area contributed by atoms with Gasteiger partial charge in [0.25, 0.3) is 5.91 Å². The molecule has 0 radical (unpaired) electrons. The highest BCUT2D eigenvalue weighted by molar-refractivity contribution is 5.98. The first-order valence-electron chi connectivity index (χ1n) is 8.20. The zero-order valence-electron chi connectivity index (χ0n) is 14.4. The molecule has 0 heterocycles. The Hall–Kier alpha value is -2.82. The summed E-state index contributed by atoms with van der Waals surface area (Å²) in [6, 6.07) is 14.7. The van der Waals surface area contributed by atoms with Gasteiger partial charge >= 0.3 is 5.97 Å². The highest BCUT2D eigenvalue weighted by atomic mass is 16.5. The van der Waals surface area contributed by atoms with Crippen LogP contribution in [0.2, 0.25) is 0 Å². The lowest BCUT2D eigenvalue weighted by molar-refractivity contribution is -0.148. The molecule has 1 N–H and O–H groups in total. The Morgan fingerprint density at radius 2 is 1.80 bits per heavy atom. The Bertz CT molecular complexity index is 773. The van der Waals surface area contributed by atoms with Gasteiger partial charge in [-0.25, -0.2) is 4.79 Å². The van der Waals surface area contributed by atoms with Crippen LogP contribution in [0, 0.1) is 0 Å². The van der Waals surface area contributed by atoms with Crippen molar-refractivity contribution in [1.82, 2.24) is 5.32 Å². The van der Waals surface area contributed by atoms with Crippen molar-refractivity contribution in [1.29, 1.82) is 0 Å². The van der Waals surface area contributed by atoms with Gasteiger partial charge in [0.1, 0.15) is 11.3 Å². The van der Waals surface area contributed by atoms with Gasteiger partial charge < -0.3 is 14.8 Å². The molecule has 130 valence electrons. The van der Waals surface area contributed by atoms with Crippen molar-refractivity contribution in [2.75, 3.05) is 14.2 Å². The maximum absolute atomic E-state index is 12.7. The molecular formula is C20H21NO4. The van der Waals surface area contributed by atoms with Gasteiger partial charge in [0.05, 0.1) is 14.2 Å². The number of esters is 1. The molecule has 0 bridgehead atoms. The number of carbonyl (C=O) groups is 2. The van der Waals surface area contributed by atoms with Crippen LogP contribution in [0.4, 0.5) is 0 Å². The van der Waals surface area contributed by atoms with E-state index in [1.54, 1.807) is 31.4 Å². The molecule has 25 heavy (non-hydrogen) atoms. The monoisotopic (exact) mass is 339 g/mol. The first-order valence-corrected chi connectivity index (χ1v) is 8.20. The van der Waals surface area contributed by atoms with Crippen molar-refractivity contribution in [3.8, 4) is 5.75 Å². The number of ether oxygens (including phenoxy) is 2. The Kier molecular flexibility index (Phi) is 4.74. The second kappa shape index (κ2) is 6.97. The van der Waals surface area contributed by atoms with Gasteiger partial charge in [-0.2, -0.15) is 0 Å². The second-order valence-corrected chi connectivity index (χ2v) is 6.17. The molecule has 5 heteroatoms. The van der Waals surface area contributed by atoms with Gasteiger partial charge in [-0.15, -0.1) is 0 Å². The van der Waals surface area contributed by atoms with Gasteiger partial charge in [0.15, 0.2) is 0 Å². The molecule has 0 unspecified atom stereocenters. The summed E-state index contributed by atoms with van der Waals surface area (Å²) in [4.78, 5) is 25.2. The number of fused-ring (bicyclic) bond motifs is 1. The van der Waals surface area contributed by atoms with E-state index < -0.39 is 11.5 Å². The number of aryl methyl sites for hydroxylation is 1. The number of benzene rings is 2. The first kappa shape index (κ1) is 17.0. The smallest absolute Gasteiger partial charge is 0.331 e. The molecule has 1 aliphatic rings. The predicted octanol–water partition coefficient (Wildman–Crippen LogP) is 2.53. The summed E-state index contributed by atoms with van der Waals surface area (Å²) in [6.07, 6.45) is 1.49. The molecule has 0 aromatic heterocycles. The fraction of sp³-hybridized carbons (Fsp3) is 0.300. The largest absolute Gasteiger partial charge is 0.496 e. The van der Waals surface area contributed by atoms with E-state index in [2.05, 4.69) is 5.32 Å². The van der Waals surface area contributed by atoms with Crippen molar-refractivity contribution in [3.05, 3.63) is 65.2 Å². The van der Waals surface area contributed by atoms with Gasteiger partial charge in [0.2, 0.25) is 0 Å². The van der Waals surface area contributed by atoms with Crippen LogP contribution in [0.15, 0.2) is 48.5 Å². The van der Waals surface area contributed by atoms with E-state index in [1.165, 1.54) is 7.11 Å². The number of hydrogen-bond donors (Lipinski definition) is 1. The molecule has 3 rings (SSSR count). The number of rotatable bonds is 4. The average molecular weight is 339 g/mol. The Morgan fingerprint density at radius 3 is 2.48 bits per heavy atom. The standard InChI is InChI=1S/C20H21NO4/c1-24-17-10-6-9-14-11-12-20(13-16(14)17,19(23)25-2)21-18(22)15-7-4-3-5-8-15/h3-10H,11-13H2,1-2H3,(H,21,22)/t20-/m1/s1. The Balaban J connectivity index is 1.95. The van der Waals surface area contributed by atoms with Crippen LogP contribution in [0.25, 0.3) is 0 Å². The molecule has 0 saturated carbocycles. The molecule has 2 aromatic rings. The van der Waals surface area contributed by atoms with Gasteiger partial charge in [0, 0.05) is 17.5 Å². The molecular weight excluding hydrogens is 318 g/mol. The quantitative estimate of drug-likeness (QED) is 0.870. The summed E-state index contributed by atoms with van der Waals surface area (Å²) in [5, 5.41) is 2.92. The minimum atomic E-state index is -1.09. The molecule has 0 saturated heterocycles. The van der Waals surface area contributed by atoms with Crippen LogP contribution >= 0.6 is 0 Å². The lowest BCUT2D eigenvalue weighted by Crippen LogP contribution is -2.58. The third-order valence-corrected chi connectivity index (χ3v) is 4.71. The number of amides is 1. The first-order chi connectivity index (χ1) is 12.1. The second-order valence-electron chi connectivity index (χ2n) is 6.17. The van der Waals surface area contributed by atoms with E-state index >= 15 is 0 Å². The van der Waals surface area contributed by atoms with Crippen molar-refractivity contribution in [2.45, 2.75) is 24.8 Å². The molecule has 0 aliphatic heterocycles. The third-order valence-electron chi connectivity index (χ3n) is 4.71. The lowest BCUT2D eigenvalue weighted by Gasteiger charge is -2.36. The predicted molar refractivity (Wildman–Crippen MR) is 93.7 cm³/mol. The van der Waals surface area contributed by atoms with E-state index in [0.29, 0.717) is 24.8 Å². The number of methoxy groups -OCH3 is 2. The Labute approximate surface area is 147 Å². The van der Waals surface area contributed by atoms with Crippen LogP contribution in [0.3, 0.4) is 0 Å². The molecule has 0 fully saturated rings. The molecule has 1 atom stereocenters. The fourth-order valence-corrected chi connectivity index (χ4v) is 3.38. The van der Waals surface area contributed by atoms with Crippen molar-refractivity contribution in [2.24, 2.45) is 0 Å². The third kappa shape index (κ3) is 3.22. The topological polar surface area (TPSA) is 64.6 Å². The lowest BCUT2D eigenvalue weighted by atomic mass is 9.77. The van der Waals surface area contributed by atoms with E-state index in [9.17, 15) is 9.59 Å². The van der Waals surface area contributed by atoms with Gasteiger partial charge in [-0.1, -0.05) is 30.3 Å². The van der Waals surface area contributed by atoms with Crippen LogP contribution in [0.1, 0.15) is 27.9 Å². The van der Waals surface area contributed by atoms with Crippen molar-refractivity contribution in [3.63, 3.8) is 0 Å².